The third kappa shape index (κ3) is 4.95. The molecule has 2 aliphatic heterocycles. The molecule has 1 unspecified atom stereocenters. The summed E-state index contributed by atoms with van der Waals surface area (Å²) in [6, 6.07) is 8.85. The fraction of sp³-hybridized carbons (Fsp3) is 0.632. The second-order valence-electron chi connectivity index (χ2n) is 6.82. The second kappa shape index (κ2) is 8.49. The largest absolute Gasteiger partial charge is 0.376 e. The van der Waals surface area contributed by atoms with E-state index >= 15 is 0 Å². The molecule has 132 valence electrons. The number of nitrogens with zero attached hydrogens (tertiary/aromatic N) is 1. The van der Waals surface area contributed by atoms with Gasteiger partial charge >= 0.3 is 0 Å². The Hall–Kier alpha value is -1.59. The highest BCUT2D eigenvalue weighted by Crippen LogP contribution is 2.21. The maximum absolute atomic E-state index is 12.0. The maximum atomic E-state index is 12.0. The molecule has 1 N–H and O–H groups in total. The van der Waals surface area contributed by atoms with Crippen molar-refractivity contribution < 1.29 is 14.3 Å². The lowest BCUT2D eigenvalue weighted by molar-refractivity contribution is -0.127. The van der Waals surface area contributed by atoms with Crippen molar-refractivity contribution in [1.82, 2.24) is 5.32 Å². The van der Waals surface area contributed by atoms with Crippen LogP contribution in [0.1, 0.15) is 31.2 Å². The van der Waals surface area contributed by atoms with Crippen LogP contribution in [0, 0.1) is 6.92 Å². The van der Waals surface area contributed by atoms with Crippen LogP contribution in [-0.2, 0) is 14.3 Å². The number of carbonyl (C=O) groups excluding carboxylic acids is 1. The summed E-state index contributed by atoms with van der Waals surface area (Å²) in [6.45, 7) is 5.56. The van der Waals surface area contributed by atoms with Crippen LogP contribution >= 0.6 is 0 Å². The highest BCUT2D eigenvalue weighted by molar-refractivity contribution is 5.77. The van der Waals surface area contributed by atoms with E-state index in [4.69, 9.17) is 9.47 Å². The number of rotatable bonds is 6. The molecule has 1 amide bonds. The molecule has 0 spiro atoms. The van der Waals surface area contributed by atoms with Gasteiger partial charge in [-0.15, -0.1) is 0 Å². The maximum Gasteiger partial charge on any atom is 0.246 e. The Bertz CT molecular complexity index is 535. The molecule has 1 aromatic rings. The van der Waals surface area contributed by atoms with Crippen LogP contribution in [0.4, 0.5) is 5.69 Å². The smallest absolute Gasteiger partial charge is 0.246 e. The van der Waals surface area contributed by atoms with Gasteiger partial charge in [0.25, 0.3) is 0 Å². The Morgan fingerprint density at radius 2 is 2.17 bits per heavy atom. The molecular weight excluding hydrogens is 304 g/mol. The molecule has 1 aromatic carbocycles. The van der Waals surface area contributed by atoms with Crippen molar-refractivity contribution in [3.63, 3.8) is 0 Å². The third-order valence-electron chi connectivity index (χ3n) is 4.79. The van der Waals surface area contributed by atoms with Crippen LogP contribution in [0.25, 0.3) is 0 Å². The summed E-state index contributed by atoms with van der Waals surface area (Å²) in [5.74, 6) is -0.0120. The molecule has 0 radical (unpaired) electrons. The summed E-state index contributed by atoms with van der Waals surface area (Å²) in [5, 5.41) is 3.10. The van der Waals surface area contributed by atoms with E-state index in [0.717, 1.165) is 45.4 Å². The Kier molecular flexibility index (Phi) is 6.10. The second-order valence-corrected chi connectivity index (χ2v) is 6.82. The highest BCUT2D eigenvalue weighted by atomic mass is 16.5. The van der Waals surface area contributed by atoms with E-state index in [0.29, 0.717) is 6.61 Å². The van der Waals surface area contributed by atoms with Crippen molar-refractivity contribution in [2.45, 2.75) is 44.8 Å². The Balaban J connectivity index is 1.35. The number of ether oxygens (including phenoxy) is 2. The summed E-state index contributed by atoms with van der Waals surface area (Å²) in [7, 11) is 0. The fourth-order valence-electron chi connectivity index (χ4n) is 3.43. The molecule has 2 heterocycles. The van der Waals surface area contributed by atoms with E-state index in [1.165, 1.54) is 11.3 Å². The molecule has 0 saturated carbocycles. The zero-order valence-corrected chi connectivity index (χ0v) is 14.5. The van der Waals surface area contributed by atoms with Gasteiger partial charge in [0, 0.05) is 31.4 Å². The van der Waals surface area contributed by atoms with Gasteiger partial charge in [0.05, 0.1) is 12.7 Å². The van der Waals surface area contributed by atoms with E-state index in [-0.39, 0.29) is 24.7 Å². The Morgan fingerprint density at radius 1 is 1.33 bits per heavy atom. The number of aryl methyl sites for hydroxylation is 1. The molecule has 5 heteroatoms. The Labute approximate surface area is 144 Å². The average Bonchev–Trinajstić information content (AvgIpc) is 3.09. The van der Waals surface area contributed by atoms with Gasteiger partial charge in [-0.05, 0) is 50.3 Å². The van der Waals surface area contributed by atoms with Gasteiger partial charge in [0.15, 0.2) is 0 Å². The van der Waals surface area contributed by atoms with E-state index < -0.39 is 0 Å². The quantitative estimate of drug-likeness (QED) is 0.868. The summed E-state index contributed by atoms with van der Waals surface area (Å²) in [5.41, 5.74) is 2.56. The number of anilines is 1. The highest BCUT2D eigenvalue weighted by Gasteiger charge is 2.21. The van der Waals surface area contributed by atoms with Crippen molar-refractivity contribution in [3.8, 4) is 0 Å². The zero-order chi connectivity index (χ0) is 16.8. The van der Waals surface area contributed by atoms with Gasteiger partial charge < -0.3 is 19.7 Å². The van der Waals surface area contributed by atoms with Gasteiger partial charge in [-0.1, -0.05) is 12.1 Å². The predicted molar refractivity (Wildman–Crippen MR) is 94.3 cm³/mol. The number of nitrogens with one attached hydrogen (secondary N) is 1. The third-order valence-corrected chi connectivity index (χ3v) is 4.79. The van der Waals surface area contributed by atoms with Gasteiger partial charge in [-0.2, -0.15) is 0 Å². The normalized spacial score (nSPS) is 21.9. The van der Waals surface area contributed by atoms with Crippen LogP contribution < -0.4 is 10.2 Å². The number of carbonyl (C=O) groups is 1. The molecular formula is C19H28N2O3. The molecule has 0 aliphatic carbocycles. The fourth-order valence-corrected chi connectivity index (χ4v) is 3.43. The van der Waals surface area contributed by atoms with E-state index in [1.807, 2.05) is 0 Å². The molecule has 0 bridgehead atoms. The van der Waals surface area contributed by atoms with Crippen LogP contribution in [0.3, 0.4) is 0 Å². The first-order valence-electron chi connectivity index (χ1n) is 9.01. The van der Waals surface area contributed by atoms with Gasteiger partial charge in [0.2, 0.25) is 5.91 Å². The molecule has 2 saturated heterocycles. The minimum atomic E-state index is -0.0120. The zero-order valence-electron chi connectivity index (χ0n) is 14.5. The number of hydrogen-bond donors (Lipinski definition) is 1. The van der Waals surface area contributed by atoms with Crippen molar-refractivity contribution in [3.05, 3.63) is 29.8 Å². The molecule has 2 fully saturated rings. The lowest BCUT2D eigenvalue weighted by Gasteiger charge is -2.34. The molecule has 5 nitrogen and oxygen atoms in total. The molecule has 3 rings (SSSR count). The van der Waals surface area contributed by atoms with E-state index in [2.05, 4.69) is 41.4 Å². The standard InChI is InChI=1S/C19H28N2O3/c1-15-4-2-5-17(12-15)21-9-7-16(8-10-21)20-19(22)14-23-13-18-6-3-11-24-18/h2,4-5,12,16,18H,3,6-11,13-14H2,1H3,(H,20,22). The van der Waals surface area contributed by atoms with Crippen molar-refractivity contribution in [1.29, 1.82) is 0 Å². The molecule has 24 heavy (non-hydrogen) atoms. The number of amides is 1. The summed E-state index contributed by atoms with van der Waals surface area (Å²) >= 11 is 0. The minimum Gasteiger partial charge on any atom is -0.376 e. The molecule has 0 aromatic heterocycles. The topological polar surface area (TPSA) is 50.8 Å². The van der Waals surface area contributed by atoms with Crippen molar-refractivity contribution >= 4 is 11.6 Å². The van der Waals surface area contributed by atoms with Crippen LogP contribution in [0.2, 0.25) is 0 Å². The first-order valence-corrected chi connectivity index (χ1v) is 9.01. The lowest BCUT2D eigenvalue weighted by atomic mass is 10.0. The van der Waals surface area contributed by atoms with Gasteiger partial charge in [0.1, 0.15) is 6.61 Å². The van der Waals surface area contributed by atoms with E-state index in [1.54, 1.807) is 0 Å². The average molecular weight is 332 g/mol. The number of benzene rings is 1. The first-order chi connectivity index (χ1) is 11.7. The van der Waals surface area contributed by atoms with Crippen LogP contribution in [-0.4, -0.2) is 51.0 Å². The summed E-state index contributed by atoms with van der Waals surface area (Å²) in [4.78, 5) is 14.4. The van der Waals surface area contributed by atoms with E-state index in [9.17, 15) is 4.79 Å². The van der Waals surface area contributed by atoms with Gasteiger partial charge in [-0.3, -0.25) is 4.79 Å². The molecule has 1 atom stereocenters. The monoisotopic (exact) mass is 332 g/mol. The molecule has 2 aliphatic rings. The van der Waals surface area contributed by atoms with Gasteiger partial charge in [-0.25, -0.2) is 0 Å². The van der Waals surface area contributed by atoms with Crippen molar-refractivity contribution in [2.24, 2.45) is 0 Å². The minimum absolute atomic E-state index is 0.0120. The number of hydrogen-bond acceptors (Lipinski definition) is 4. The first kappa shape index (κ1) is 17.2. The predicted octanol–water partition coefficient (Wildman–Crippen LogP) is 2.28. The number of piperidine rings is 1. The van der Waals surface area contributed by atoms with Crippen LogP contribution in [0.15, 0.2) is 24.3 Å². The Morgan fingerprint density at radius 3 is 2.88 bits per heavy atom. The summed E-state index contributed by atoms with van der Waals surface area (Å²) in [6.07, 6.45) is 4.27. The van der Waals surface area contributed by atoms with Crippen molar-refractivity contribution in [2.75, 3.05) is 37.8 Å². The summed E-state index contributed by atoms with van der Waals surface area (Å²) < 4.78 is 11.0. The van der Waals surface area contributed by atoms with Crippen LogP contribution in [0.5, 0.6) is 0 Å². The lowest BCUT2D eigenvalue weighted by Crippen LogP contribution is -2.45. The SMILES string of the molecule is Cc1cccc(N2CCC(NC(=O)COCC3CCCO3)CC2)c1.